The molecule has 0 spiro atoms. The summed E-state index contributed by atoms with van der Waals surface area (Å²) < 4.78 is 34.9. The van der Waals surface area contributed by atoms with Gasteiger partial charge in [0, 0.05) is 61.1 Å². The van der Waals surface area contributed by atoms with Crippen LogP contribution in [0, 0.1) is 0 Å². The van der Waals surface area contributed by atoms with E-state index in [9.17, 15) is 13.2 Å². The molecule has 1 aliphatic rings. The molecule has 1 N–H and O–H groups in total. The van der Waals surface area contributed by atoms with E-state index in [1.54, 1.807) is 30.3 Å². The van der Waals surface area contributed by atoms with Gasteiger partial charge in [0.05, 0.1) is 7.11 Å². The van der Waals surface area contributed by atoms with Crippen LogP contribution >= 0.6 is 0 Å². The largest absolute Gasteiger partial charge is 0.497 e. The zero-order chi connectivity index (χ0) is 22.3. The second kappa shape index (κ2) is 7.95. The van der Waals surface area contributed by atoms with Crippen LogP contribution in [0.1, 0.15) is 0 Å². The number of nitrogens with one attached hydrogen (secondary N) is 1. The Hall–Kier alpha value is -3.37. The molecule has 3 aromatic heterocycles. The lowest BCUT2D eigenvalue weighted by Crippen LogP contribution is -2.51. The zero-order valence-corrected chi connectivity index (χ0v) is 18.4. The molecule has 1 fully saturated rings. The number of rotatable bonds is 5. The quantitative estimate of drug-likeness (QED) is 0.499. The average molecular weight is 454 g/mol. The second-order valence-electron chi connectivity index (χ2n) is 7.71. The van der Waals surface area contributed by atoms with Crippen LogP contribution in [-0.2, 0) is 21.4 Å². The van der Waals surface area contributed by atoms with Crippen molar-refractivity contribution in [1.29, 1.82) is 0 Å². The molecule has 0 saturated carbocycles. The summed E-state index contributed by atoms with van der Waals surface area (Å²) in [5.41, 5.74) is 1.49. The third-order valence-electron chi connectivity index (χ3n) is 5.91. The number of nitrogens with zero attached hydrogens (tertiary/aromatic N) is 4. The van der Waals surface area contributed by atoms with Gasteiger partial charge in [-0.25, -0.2) is 13.4 Å². The first-order valence-electron chi connectivity index (χ1n) is 10.3. The molecule has 4 heterocycles. The number of amides is 1. The van der Waals surface area contributed by atoms with E-state index < -0.39 is 10.0 Å². The fraction of sp³-hybridized carbons (Fsp3) is 0.273. The van der Waals surface area contributed by atoms with Gasteiger partial charge in [-0.05, 0) is 36.4 Å². The fourth-order valence-electron chi connectivity index (χ4n) is 4.15. The highest BCUT2D eigenvalue weighted by molar-refractivity contribution is 7.89. The number of carbonyl (C=O) groups is 1. The number of H-pyrrole nitrogens is 1. The molecule has 32 heavy (non-hydrogen) atoms. The lowest BCUT2D eigenvalue weighted by Gasteiger charge is -2.34. The molecule has 1 aliphatic heterocycles. The molecule has 5 rings (SSSR count). The summed E-state index contributed by atoms with van der Waals surface area (Å²) in [6, 6.07) is 11.1. The second-order valence-corrected chi connectivity index (χ2v) is 9.61. The molecule has 0 aliphatic carbocycles. The van der Waals surface area contributed by atoms with Crippen LogP contribution in [0.3, 0.4) is 0 Å². The molecule has 0 atom stereocenters. The lowest BCUT2D eigenvalue weighted by atomic mass is 10.2. The number of piperazine rings is 1. The van der Waals surface area contributed by atoms with E-state index in [0.29, 0.717) is 24.1 Å². The van der Waals surface area contributed by atoms with Crippen molar-refractivity contribution in [2.45, 2.75) is 11.4 Å². The summed E-state index contributed by atoms with van der Waals surface area (Å²) in [7, 11) is -2.05. The molecule has 0 bridgehead atoms. The molecule has 4 aromatic rings. The average Bonchev–Trinajstić information content (AvgIpc) is 3.43. The van der Waals surface area contributed by atoms with E-state index in [2.05, 4.69) is 9.97 Å². The van der Waals surface area contributed by atoms with E-state index in [4.69, 9.17) is 4.74 Å². The Kier molecular flexibility index (Phi) is 5.10. The van der Waals surface area contributed by atoms with Crippen LogP contribution in [0.4, 0.5) is 0 Å². The van der Waals surface area contributed by atoms with Crippen molar-refractivity contribution in [1.82, 2.24) is 23.7 Å². The predicted molar refractivity (Wildman–Crippen MR) is 120 cm³/mol. The molecule has 166 valence electrons. The Balaban J connectivity index is 1.27. The first-order chi connectivity index (χ1) is 15.5. The van der Waals surface area contributed by atoms with E-state index in [1.807, 2.05) is 35.0 Å². The number of methoxy groups -OCH3 is 1. The monoisotopic (exact) mass is 453 g/mol. The van der Waals surface area contributed by atoms with Crippen molar-refractivity contribution in [3.05, 3.63) is 55.0 Å². The van der Waals surface area contributed by atoms with Gasteiger partial charge in [-0.2, -0.15) is 4.31 Å². The number of pyridine rings is 1. The van der Waals surface area contributed by atoms with Gasteiger partial charge in [-0.1, -0.05) is 0 Å². The minimum Gasteiger partial charge on any atom is -0.497 e. The minimum absolute atomic E-state index is 0.0355. The van der Waals surface area contributed by atoms with Crippen molar-refractivity contribution in [2.75, 3.05) is 33.3 Å². The Morgan fingerprint density at radius 2 is 1.97 bits per heavy atom. The maximum absolute atomic E-state index is 13.2. The van der Waals surface area contributed by atoms with E-state index in [1.165, 1.54) is 10.5 Å². The number of aromatic amines is 1. The van der Waals surface area contributed by atoms with Crippen LogP contribution in [-0.4, -0.2) is 71.4 Å². The molecule has 0 radical (unpaired) electrons. The molecule has 1 aromatic carbocycles. The number of aromatic nitrogens is 3. The van der Waals surface area contributed by atoms with Crippen LogP contribution in [0.5, 0.6) is 5.75 Å². The van der Waals surface area contributed by atoms with Crippen LogP contribution in [0.2, 0.25) is 0 Å². The number of carbonyl (C=O) groups excluding carboxylic acids is 1. The molecular formula is C22H23N5O4S. The highest BCUT2D eigenvalue weighted by Gasteiger charge is 2.32. The Labute approximate surface area is 185 Å². The van der Waals surface area contributed by atoms with Gasteiger partial charge < -0.3 is 19.2 Å². The molecule has 0 unspecified atom stereocenters. The zero-order valence-electron chi connectivity index (χ0n) is 17.6. The molecule has 1 saturated heterocycles. The number of benzene rings is 1. The van der Waals surface area contributed by atoms with Gasteiger partial charge in [0.15, 0.2) is 0 Å². The van der Waals surface area contributed by atoms with Crippen LogP contribution in [0.25, 0.3) is 21.9 Å². The Morgan fingerprint density at radius 1 is 1.16 bits per heavy atom. The number of ether oxygens (including phenoxy) is 1. The number of sulfonamides is 1. The number of hydrogen-bond acceptors (Lipinski definition) is 5. The van der Waals surface area contributed by atoms with Crippen molar-refractivity contribution in [2.24, 2.45) is 0 Å². The summed E-state index contributed by atoms with van der Waals surface area (Å²) >= 11 is 0. The highest BCUT2D eigenvalue weighted by atomic mass is 32.2. The maximum atomic E-state index is 13.2. The summed E-state index contributed by atoms with van der Waals surface area (Å²) in [6.07, 6.45) is 4.98. The van der Waals surface area contributed by atoms with Gasteiger partial charge in [-0.3, -0.25) is 4.79 Å². The summed E-state index contributed by atoms with van der Waals surface area (Å²) in [5, 5.41) is 1.57. The van der Waals surface area contributed by atoms with E-state index in [0.717, 1.165) is 16.7 Å². The summed E-state index contributed by atoms with van der Waals surface area (Å²) in [6.45, 7) is 1.42. The van der Waals surface area contributed by atoms with Crippen molar-refractivity contribution < 1.29 is 17.9 Å². The van der Waals surface area contributed by atoms with Crippen molar-refractivity contribution >= 4 is 37.9 Å². The lowest BCUT2D eigenvalue weighted by molar-refractivity contribution is -0.132. The van der Waals surface area contributed by atoms with Gasteiger partial charge in [-0.15, -0.1) is 0 Å². The van der Waals surface area contributed by atoms with Gasteiger partial charge in [0.2, 0.25) is 15.9 Å². The third kappa shape index (κ3) is 3.51. The Morgan fingerprint density at radius 3 is 2.75 bits per heavy atom. The smallest absolute Gasteiger partial charge is 0.245 e. The topological polar surface area (TPSA) is 101 Å². The summed E-state index contributed by atoms with van der Waals surface area (Å²) in [5.74, 6) is 0.733. The SMILES string of the molecule is COc1ccc2c(ccn2CC(=O)N2CCN(S(=O)(=O)c3c[nH]c4ncccc34)CC2)c1. The van der Waals surface area contributed by atoms with Gasteiger partial charge in [0.1, 0.15) is 22.8 Å². The molecule has 1 amide bonds. The molecule has 9 nitrogen and oxygen atoms in total. The normalized spacial score (nSPS) is 15.5. The minimum atomic E-state index is -3.67. The number of fused-ring (bicyclic) bond motifs is 2. The van der Waals surface area contributed by atoms with E-state index in [-0.39, 0.29) is 30.4 Å². The first kappa shape index (κ1) is 20.5. The van der Waals surface area contributed by atoms with Gasteiger partial charge >= 0.3 is 0 Å². The molecular weight excluding hydrogens is 430 g/mol. The summed E-state index contributed by atoms with van der Waals surface area (Å²) in [4.78, 5) is 21.9. The van der Waals surface area contributed by atoms with Crippen molar-refractivity contribution in [3.8, 4) is 5.75 Å². The third-order valence-corrected chi connectivity index (χ3v) is 7.84. The molecule has 10 heteroatoms. The van der Waals surface area contributed by atoms with Crippen LogP contribution in [0.15, 0.2) is 59.9 Å². The first-order valence-corrected chi connectivity index (χ1v) is 11.7. The van der Waals surface area contributed by atoms with E-state index >= 15 is 0 Å². The fourth-order valence-corrected chi connectivity index (χ4v) is 5.72. The number of hydrogen-bond donors (Lipinski definition) is 1. The van der Waals surface area contributed by atoms with Gasteiger partial charge in [0.25, 0.3) is 0 Å². The van der Waals surface area contributed by atoms with Crippen molar-refractivity contribution in [3.63, 3.8) is 0 Å². The predicted octanol–water partition coefficient (Wildman–Crippen LogP) is 2.06. The maximum Gasteiger partial charge on any atom is 0.245 e. The highest BCUT2D eigenvalue weighted by Crippen LogP contribution is 2.25. The van der Waals surface area contributed by atoms with Crippen LogP contribution < -0.4 is 4.74 Å². The Bertz CT molecular complexity index is 1400. The standard InChI is InChI=1S/C22H23N5O4S/c1-31-17-4-5-19-16(13-17)6-8-26(19)15-21(28)25-9-11-27(12-10-25)32(29,30)20-14-24-22-18(20)3-2-7-23-22/h2-8,13-14H,9-12,15H2,1H3,(H,23,24).